The van der Waals surface area contributed by atoms with Crippen LogP contribution in [0.1, 0.15) is 51.8 Å². The summed E-state index contributed by atoms with van der Waals surface area (Å²) in [5, 5.41) is 11.8. The van der Waals surface area contributed by atoms with Crippen LogP contribution < -0.4 is 5.32 Å². The molecule has 1 aromatic carbocycles. The molecule has 108 valence electrons. The van der Waals surface area contributed by atoms with Gasteiger partial charge in [0.25, 0.3) is 0 Å². The summed E-state index contributed by atoms with van der Waals surface area (Å²) < 4.78 is 1.94. The van der Waals surface area contributed by atoms with E-state index in [2.05, 4.69) is 68.4 Å². The van der Waals surface area contributed by atoms with Gasteiger partial charge in [0.15, 0.2) is 0 Å². The van der Waals surface area contributed by atoms with E-state index in [1.807, 2.05) is 16.9 Å². The van der Waals surface area contributed by atoms with Gasteiger partial charge in [-0.3, -0.25) is 0 Å². The number of nitrogens with one attached hydrogen (secondary N) is 1. The van der Waals surface area contributed by atoms with Crippen LogP contribution in [0.15, 0.2) is 30.5 Å². The predicted octanol–water partition coefficient (Wildman–Crippen LogP) is 3.28. The molecule has 4 heteroatoms. The molecule has 2 rings (SSSR count). The second-order valence-corrected chi connectivity index (χ2v) is 6.45. The molecular formula is C16H24N4. The van der Waals surface area contributed by atoms with Crippen molar-refractivity contribution in [2.75, 3.05) is 0 Å². The van der Waals surface area contributed by atoms with Crippen LogP contribution >= 0.6 is 0 Å². The Morgan fingerprint density at radius 1 is 1.20 bits per heavy atom. The fourth-order valence-electron chi connectivity index (χ4n) is 2.10. The fraction of sp³-hybridized carbons (Fsp3) is 0.500. The lowest BCUT2D eigenvalue weighted by Gasteiger charge is -2.21. The molecular weight excluding hydrogens is 248 g/mol. The Balaban J connectivity index is 2.33. The molecule has 0 aliphatic carbocycles. The van der Waals surface area contributed by atoms with E-state index in [1.54, 1.807) is 0 Å². The third-order valence-electron chi connectivity index (χ3n) is 3.21. The van der Waals surface area contributed by atoms with Crippen LogP contribution in [0.5, 0.6) is 0 Å². The molecule has 1 N–H and O–H groups in total. The predicted molar refractivity (Wildman–Crippen MR) is 82.0 cm³/mol. The normalized spacial score (nSPS) is 12.1. The lowest BCUT2D eigenvalue weighted by Crippen LogP contribution is -2.35. The maximum absolute atomic E-state index is 4.26. The minimum absolute atomic E-state index is 0.0761. The van der Waals surface area contributed by atoms with Crippen LogP contribution in [-0.2, 0) is 6.54 Å². The Labute approximate surface area is 121 Å². The lowest BCUT2D eigenvalue weighted by molar-refractivity contribution is 0.418. The molecule has 0 aliphatic heterocycles. The third-order valence-corrected chi connectivity index (χ3v) is 3.21. The molecule has 0 saturated carbocycles. The van der Waals surface area contributed by atoms with Gasteiger partial charge >= 0.3 is 0 Å². The van der Waals surface area contributed by atoms with Gasteiger partial charge in [0.2, 0.25) is 0 Å². The Kier molecular flexibility index (Phi) is 4.23. The molecule has 0 saturated heterocycles. The van der Waals surface area contributed by atoms with E-state index >= 15 is 0 Å². The van der Waals surface area contributed by atoms with Gasteiger partial charge in [0, 0.05) is 12.1 Å². The molecule has 0 fully saturated rings. The van der Waals surface area contributed by atoms with Crippen molar-refractivity contribution in [1.29, 1.82) is 0 Å². The lowest BCUT2D eigenvalue weighted by atomic mass is 10.0. The van der Waals surface area contributed by atoms with Crippen molar-refractivity contribution in [2.45, 2.75) is 52.6 Å². The highest BCUT2D eigenvalue weighted by molar-refractivity contribution is 5.42. The van der Waals surface area contributed by atoms with E-state index in [0.29, 0.717) is 5.92 Å². The van der Waals surface area contributed by atoms with Crippen LogP contribution in [-0.4, -0.2) is 20.5 Å². The number of aromatic nitrogens is 3. The van der Waals surface area contributed by atoms with Crippen molar-refractivity contribution < 1.29 is 0 Å². The Morgan fingerprint density at radius 3 is 2.55 bits per heavy atom. The van der Waals surface area contributed by atoms with Gasteiger partial charge in [-0.2, -0.15) is 0 Å². The van der Waals surface area contributed by atoms with Gasteiger partial charge in [-0.25, -0.2) is 4.68 Å². The molecule has 0 unspecified atom stereocenters. The van der Waals surface area contributed by atoms with E-state index in [4.69, 9.17) is 0 Å². The Hall–Kier alpha value is -1.68. The van der Waals surface area contributed by atoms with E-state index in [0.717, 1.165) is 17.9 Å². The van der Waals surface area contributed by atoms with Crippen molar-refractivity contribution in [2.24, 2.45) is 0 Å². The fourth-order valence-corrected chi connectivity index (χ4v) is 2.10. The average molecular weight is 272 g/mol. The van der Waals surface area contributed by atoms with Crippen molar-refractivity contribution in [1.82, 2.24) is 20.3 Å². The summed E-state index contributed by atoms with van der Waals surface area (Å²) in [6.07, 6.45) is 1.83. The zero-order valence-electron chi connectivity index (χ0n) is 13.0. The summed E-state index contributed by atoms with van der Waals surface area (Å²) in [5.41, 5.74) is 3.56. The van der Waals surface area contributed by atoms with Gasteiger partial charge in [-0.15, -0.1) is 5.10 Å². The van der Waals surface area contributed by atoms with E-state index in [9.17, 15) is 0 Å². The number of benzene rings is 1. The zero-order chi connectivity index (χ0) is 14.8. The molecule has 0 bridgehead atoms. The van der Waals surface area contributed by atoms with Gasteiger partial charge in [0.05, 0.1) is 17.6 Å². The second kappa shape index (κ2) is 5.75. The molecule has 4 nitrogen and oxygen atoms in total. The summed E-state index contributed by atoms with van der Waals surface area (Å²) in [6, 6.07) is 8.37. The van der Waals surface area contributed by atoms with E-state index in [-0.39, 0.29) is 5.54 Å². The quantitative estimate of drug-likeness (QED) is 0.928. The van der Waals surface area contributed by atoms with Crippen LogP contribution in [0.25, 0.3) is 5.69 Å². The minimum atomic E-state index is 0.0761. The highest BCUT2D eigenvalue weighted by atomic mass is 15.4. The molecule has 0 aliphatic rings. The standard InChI is InChI=1S/C16H24N4/c1-12(2)14-8-6-7-9-15(14)20-13(11-18-19-20)10-17-16(3,4)5/h6-9,11-12,17H,10H2,1-5H3. The molecule has 0 amide bonds. The largest absolute Gasteiger partial charge is 0.306 e. The van der Waals surface area contributed by atoms with Crippen molar-refractivity contribution in [3.63, 3.8) is 0 Å². The Morgan fingerprint density at radius 2 is 1.90 bits per heavy atom. The second-order valence-electron chi connectivity index (χ2n) is 6.45. The average Bonchev–Trinajstić information content (AvgIpc) is 2.83. The van der Waals surface area contributed by atoms with Gasteiger partial charge in [-0.1, -0.05) is 37.3 Å². The molecule has 0 spiro atoms. The Bertz CT molecular complexity index is 564. The minimum Gasteiger partial charge on any atom is -0.306 e. The first kappa shape index (κ1) is 14.7. The van der Waals surface area contributed by atoms with Crippen molar-refractivity contribution in [3.8, 4) is 5.69 Å². The zero-order valence-corrected chi connectivity index (χ0v) is 13.0. The van der Waals surface area contributed by atoms with Crippen LogP contribution in [0.3, 0.4) is 0 Å². The smallest absolute Gasteiger partial charge is 0.0783 e. The molecule has 1 heterocycles. The van der Waals surface area contributed by atoms with Gasteiger partial charge < -0.3 is 5.32 Å². The molecule has 2 aromatic rings. The number of hydrogen-bond acceptors (Lipinski definition) is 3. The maximum Gasteiger partial charge on any atom is 0.0783 e. The third kappa shape index (κ3) is 3.45. The number of nitrogens with zero attached hydrogens (tertiary/aromatic N) is 3. The maximum atomic E-state index is 4.26. The van der Waals surface area contributed by atoms with Gasteiger partial charge in [0.1, 0.15) is 0 Å². The van der Waals surface area contributed by atoms with E-state index < -0.39 is 0 Å². The first-order valence-corrected chi connectivity index (χ1v) is 7.12. The van der Waals surface area contributed by atoms with Crippen molar-refractivity contribution >= 4 is 0 Å². The highest BCUT2D eigenvalue weighted by Gasteiger charge is 2.14. The van der Waals surface area contributed by atoms with Crippen LogP contribution in [0, 0.1) is 0 Å². The van der Waals surface area contributed by atoms with Gasteiger partial charge in [-0.05, 0) is 38.3 Å². The summed E-state index contributed by atoms with van der Waals surface area (Å²) in [4.78, 5) is 0. The molecule has 20 heavy (non-hydrogen) atoms. The van der Waals surface area contributed by atoms with E-state index in [1.165, 1.54) is 5.56 Å². The van der Waals surface area contributed by atoms with Crippen LogP contribution in [0.4, 0.5) is 0 Å². The summed E-state index contributed by atoms with van der Waals surface area (Å²) in [6.45, 7) is 11.6. The molecule has 1 aromatic heterocycles. The monoisotopic (exact) mass is 272 g/mol. The number of hydrogen-bond donors (Lipinski definition) is 1. The summed E-state index contributed by atoms with van der Waals surface area (Å²) >= 11 is 0. The number of para-hydroxylation sites is 1. The van der Waals surface area contributed by atoms with Crippen LogP contribution in [0.2, 0.25) is 0 Å². The summed E-state index contributed by atoms with van der Waals surface area (Å²) in [7, 11) is 0. The number of rotatable bonds is 4. The SMILES string of the molecule is CC(C)c1ccccc1-n1nncc1CNC(C)(C)C. The first-order valence-electron chi connectivity index (χ1n) is 7.12. The topological polar surface area (TPSA) is 42.7 Å². The first-order chi connectivity index (χ1) is 9.38. The molecule has 0 radical (unpaired) electrons. The van der Waals surface area contributed by atoms with Crippen molar-refractivity contribution in [3.05, 3.63) is 41.7 Å². The molecule has 0 atom stereocenters. The summed E-state index contributed by atoms with van der Waals surface area (Å²) in [5.74, 6) is 0.457. The highest BCUT2D eigenvalue weighted by Crippen LogP contribution is 2.23.